The molecule has 0 amide bonds. The first-order valence-corrected chi connectivity index (χ1v) is 7.34. The van der Waals surface area contributed by atoms with Crippen molar-refractivity contribution in [1.29, 1.82) is 0 Å². The highest BCUT2D eigenvalue weighted by Gasteiger charge is 1.87. The summed E-state index contributed by atoms with van der Waals surface area (Å²) in [6.07, 6.45) is 21.3. The number of aliphatic hydroxyl groups excluding tert-OH is 1. The molecule has 0 spiro atoms. The van der Waals surface area contributed by atoms with E-state index in [0.717, 1.165) is 6.42 Å². The minimum atomic E-state index is 0.350. The van der Waals surface area contributed by atoms with Gasteiger partial charge in [-0.2, -0.15) is 0 Å². The van der Waals surface area contributed by atoms with Crippen molar-refractivity contribution in [2.75, 3.05) is 6.61 Å². The first kappa shape index (κ1) is 16.4. The predicted molar refractivity (Wildman–Crippen MR) is 77.2 cm³/mol. The van der Waals surface area contributed by atoms with E-state index in [9.17, 15) is 0 Å². The van der Waals surface area contributed by atoms with Gasteiger partial charge < -0.3 is 5.11 Å². The molecule has 0 heterocycles. The van der Waals surface area contributed by atoms with Crippen LogP contribution in [0, 0.1) is 0 Å². The van der Waals surface area contributed by atoms with Gasteiger partial charge in [-0.3, -0.25) is 0 Å². The second kappa shape index (κ2) is 15.4. The average Bonchev–Trinajstić information content (AvgIpc) is 2.35. The van der Waals surface area contributed by atoms with Gasteiger partial charge >= 0.3 is 0 Å². The van der Waals surface area contributed by atoms with Crippen LogP contribution in [0.1, 0.15) is 71.1 Å². The first-order valence-electron chi connectivity index (χ1n) is 7.34. The molecule has 0 bridgehead atoms. The number of hydrogen-bond donors (Lipinski definition) is 1. The van der Waals surface area contributed by atoms with E-state index in [-0.39, 0.29) is 0 Å². The van der Waals surface area contributed by atoms with Crippen molar-refractivity contribution in [3.05, 3.63) is 24.3 Å². The quantitative estimate of drug-likeness (QED) is 0.374. The third-order valence-corrected chi connectivity index (χ3v) is 2.89. The lowest BCUT2D eigenvalue weighted by Gasteiger charge is -1.96. The number of hydrogen-bond acceptors (Lipinski definition) is 1. The van der Waals surface area contributed by atoms with Crippen molar-refractivity contribution in [3.8, 4) is 0 Å². The van der Waals surface area contributed by atoms with Gasteiger partial charge in [-0.1, -0.05) is 63.3 Å². The molecule has 100 valence electrons. The Labute approximate surface area is 108 Å². The van der Waals surface area contributed by atoms with Gasteiger partial charge in [0.15, 0.2) is 0 Å². The Balaban J connectivity index is 3.13. The molecule has 0 aromatic rings. The molecule has 1 heteroatoms. The SMILES string of the molecule is CCCCCC=CC=CCCCCCCCO. The molecule has 0 saturated heterocycles. The topological polar surface area (TPSA) is 20.2 Å². The lowest BCUT2D eigenvalue weighted by atomic mass is 10.1. The largest absolute Gasteiger partial charge is 0.396 e. The van der Waals surface area contributed by atoms with E-state index in [1.165, 1.54) is 57.8 Å². The summed E-state index contributed by atoms with van der Waals surface area (Å²) >= 11 is 0. The molecule has 0 saturated carbocycles. The van der Waals surface area contributed by atoms with Crippen LogP contribution in [0.25, 0.3) is 0 Å². The first-order chi connectivity index (χ1) is 8.41. The summed E-state index contributed by atoms with van der Waals surface area (Å²) in [4.78, 5) is 0. The molecule has 1 N–H and O–H groups in total. The van der Waals surface area contributed by atoms with E-state index < -0.39 is 0 Å². The van der Waals surface area contributed by atoms with Crippen LogP contribution in [0.2, 0.25) is 0 Å². The third-order valence-electron chi connectivity index (χ3n) is 2.89. The predicted octanol–water partition coefficient (Wildman–Crippen LogP) is 5.01. The monoisotopic (exact) mass is 238 g/mol. The summed E-state index contributed by atoms with van der Waals surface area (Å²) in [6, 6.07) is 0. The number of allylic oxidation sites excluding steroid dienone is 4. The van der Waals surface area contributed by atoms with Crippen LogP contribution in [-0.4, -0.2) is 11.7 Å². The Morgan fingerprint density at radius 2 is 1.24 bits per heavy atom. The molecule has 0 aromatic carbocycles. The van der Waals surface area contributed by atoms with Crippen molar-refractivity contribution < 1.29 is 5.11 Å². The summed E-state index contributed by atoms with van der Waals surface area (Å²) in [5, 5.41) is 8.62. The summed E-state index contributed by atoms with van der Waals surface area (Å²) in [5.41, 5.74) is 0. The average molecular weight is 238 g/mol. The van der Waals surface area contributed by atoms with Gasteiger partial charge in [0.1, 0.15) is 0 Å². The van der Waals surface area contributed by atoms with E-state index in [4.69, 9.17) is 5.11 Å². The zero-order valence-corrected chi connectivity index (χ0v) is 11.5. The van der Waals surface area contributed by atoms with Crippen LogP contribution in [0.5, 0.6) is 0 Å². The smallest absolute Gasteiger partial charge is 0.0431 e. The van der Waals surface area contributed by atoms with Gasteiger partial charge in [0.05, 0.1) is 0 Å². The number of rotatable bonds is 12. The minimum absolute atomic E-state index is 0.350. The fourth-order valence-electron chi connectivity index (χ4n) is 1.77. The number of aliphatic hydroxyl groups is 1. The maximum atomic E-state index is 8.62. The zero-order valence-electron chi connectivity index (χ0n) is 11.5. The fourth-order valence-corrected chi connectivity index (χ4v) is 1.77. The lowest BCUT2D eigenvalue weighted by Crippen LogP contribution is -1.82. The molecular formula is C16H30O. The fraction of sp³-hybridized carbons (Fsp3) is 0.750. The van der Waals surface area contributed by atoms with Gasteiger partial charge in [0.25, 0.3) is 0 Å². The van der Waals surface area contributed by atoms with Gasteiger partial charge in [-0.25, -0.2) is 0 Å². The van der Waals surface area contributed by atoms with Crippen LogP contribution in [0.15, 0.2) is 24.3 Å². The molecule has 0 aliphatic heterocycles. The Morgan fingerprint density at radius 1 is 0.706 bits per heavy atom. The molecule has 0 unspecified atom stereocenters. The van der Waals surface area contributed by atoms with Crippen molar-refractivity contribution in [3.63, 3.8) is 0 Å². The molecule has 0 aromatic heterocycles. The normalized spacial score (nSPS) is 11.9. The summed E-state index contributed by atoms with van der Waals surface area (Å²) in [7, 11) is 0. The van der Waals surface area contributed by atoms with Crippen molar-refractivity contribution in [2.24, 2.45) is 0 Å². The Hall–Kier alpha value is -0.560. The number of unbranched alkanes of at least 4 members (excludes halogenated alkanes) is 8. The maximum absolute atomic E-state index is 8.62. The Bertz CT molecular complexity index is 182. The van der Waals surface area contributed by atoms with Crippen LogP contribution in [0.4, 0.5) is 0 Å². The summed E-state index contributed by atoms with van der Waals surface area (Å²) < 4.78 is 0. The second-order valence-corrected chi connectivity index (χ2v) is 4.63. The van der Waals surface area contributed by atoms with Crippen LogP contribution < -0.4 is 0 Å². The van der Waals surface area contributed by atoms with Crippen molar-refractivity contribution in [2.45, 2.75) is 71.1 Å². The molecule has 0 rings (SSSR count). The maximum Gasteiger partial charge on any atom is 0.0431 e. The van der Waals surface area contributed by atoms with Crippen molar-refractivity contribution in [1.82, 2.24) is 0 Å². The molecule has 0 atom stereocenters. The van der Waals surface area contributed by atoms with Gasteiger partial charge in [0, 0.05) is 6.61 Å². The Morgan fingerprint density at radius 3 is 1.82 bits per heavy atom. The van der Waals surface area contributed by atoms with E-state index >= 15 is 0 Å². The van der Waals surface area contributed by atoms with Crippen LogP contribution in [-0.2, 0) is 0 Å². The van der Waals surface area contributed by atoms with Crippen molar-refractivity contribution >= 4 is 0 Å². The van der Waals surface area contributed by atoms with Gasteiger partial charge in [-0.15, -0.1) is 0 Å². The highest BCUT2D eigenvalue weighted by atomic mass is 16.2. The molecule has 17 heavy (non-hydrogen) atoms. The van der Waals surface area contributed by atoms with E-state index in [2.05, 4.69) is 31.2 Å². The van der Waals surface area contributed by atoms with E-state index in [1.54, 1.807) is 0 Å². The summed E-state index contributed by atoms with van der Waals surface area (Å²) in [6.45, 7) is 2.59. The molecule has 0 aliphatic rings. The molecule has 0 fully saturated rings. The summed E-state index contributed by atoms with van der Waals surface area (Å²) in [5.74, 6) is 0. The van der Waals surface area contributed by atoms with Gasteiger partial charge in [0.2, 0.25) is 0 Å². The molecule has 0 aliphatic carbocycles. The minimum Gasteiger partial charge on any atom is -0.396 e. The van der Waals surface area contributed by atoms with Gasteiger partial charge in [-0.05, 0) is 32.1 Å². The molecule has 1 nitrogen and oxygen atoms in total. The highest BCUT2D eigenvalue weighted by Crippen LogP contribution is 2.05. The Kier molecular flexibility index (Phi) is 14.9. The molecular weight excluding hydrogens is 208 g/mol. The van der Waals surface area contributed by atoms with Crippen LogP contribution in [0.3, 0.4) is 0 Å². The standard InChI is InChI=1S/C16H30O/c1-2-3-4-5-6-7-8-9-10-11-12-13-14-15-16-17/h6-9,17H,2-5,10-16H2,1H3. The lowest BCUT2D eigenvalue weighted by molar-refractivity contribution is 0.282. The van der Waals surface area contributed by atoms with E-state index in [0.29, 0.717) is 6.61 Å². The zero-order chi connectivity index (χ0) is 12.6. The molecule has 0 radical (unpaired) electrons. The highest BCUT2D eigenvalue weighted by molar-refractivity contribution is 5.02. The second-order valence-electron chi connectivity index (χ2n) is 4.63. The van der Waals surface area contributed by atoms with E-state index in [1.807, 2.05) is 0 Å². The third kappa shape index (κ3) is 15.4. The van der Waals surface area contributed by atoms with Crippen LogP contribution >= 0.6 is 0 Å².